The first-order valence-electron chi connectivity index (χ1n) is 5.66. The van der Waals surface area contributed by atoms with Gasteiger partial charge in [-0.25, -0.2) is 0 Å². The molecule has 1 rings (SSSR count). The molecule has 2 N–H and O–H groups in total. The molecule has 15 heavy (non-hydrogen) atoms. The van der Waals surface area contributed by atoms with E-state index in [0.717, 1.165) is 24.5 Å². The molecule has 0 saturated carbocycles. The summed E-state index contributed by atoms with van der Waals surface area (Å²) >= 11 is 1.92. The first-order valence-corrected chi connectivity index (χ1v) is 6.81. The third-order valence-electron chi connectivity index (χ3n) is 2.69. The highest BCUT2D eigenvalue weighted by Crippen LogP contribution is 2.17. The Morgan fingerprint density at radius 1 is 1.60 bits per heavy atom. The molecule has 0 aromatic rings. The van der Waals surface area contributed by atoms with Crippen LogP contribution in [0.3, 0.4) is 0 Å². The van der Waals surface area contributed by atoms with Crippen LogP contribution in [0.15, 0.2) is 0 Å². The van der Waals surface area contributed by atoms with Crippen LogP contribution >= 0.6 is 11.8 Å². The Morgan fingerprint density at radius 2 is 2.27 bits per heavy atom. The van der Waals surface area contributed by atoms with Crippen molar-refractivity contribution in [3.8, 4) is 0 Å². The predicted octanol–water partition coefficient (Wildman–Crippen LogP) is 1.32. The molecule has 1 heterocycles. The Balaban J connectivity index is 2.50. The van der Waals surface area contributed by atoms with Crippen molar-refractivity contribution in [2.24, 2.45) is 11.7 Å². The van der Waals surface area contributed by atoms with E-state index in [1.807, 2.05) is 16.7 Å². The van der Waals surface area contributed by atoms with Crippen molar-refractivity contribution < 1.29 is 4.79 Å². The lowest BCUT2D eigenvalue weighted by Crippen LogP contribution is -2.51. The second-order valence-electron chi connectivity index (χ2n) is 4.69. The second-order valence-corrected chi connectivity index (χ2v) is 5.84. The van der Waals surface area contributed by atoms with Gasteiger partial charge in [-0.15, -0.1) is 0 Å². The van der Waals surface area contributed by atoms with E-state index in [9.17, 15) is 4.79 Å². The summed E-state index contributed by atoms with van der Waals surface area (Å²) in [6.45, 7) is 7.16. The van der Waals surface area contributed by atoms with E-state index in [-0.39, 0.29) is 11.9 Å². The number of amides is 1. The molecule has 0 aliphatic carbocycles. The largest absolute Gasteiger partial charge is 0.337 e. The Bertz CT molecular complexity index is 221. The molecule has 2 atom stereocenters. The summed E-state index contributed by atoms with van der Waals surface area (Å²) in [5.74, 6) is 2.71. The van der Waals surface area contributed by atoms with E-state index in [0.29, 0.717) is 12.0 Å². The van der Waals surface area contributed by atoms with Crippen LogP contribution in [0.4, 0.5) is 0 Å². The molecule has 1 aliphatic heterocycles. The van der Waals surface area contributed by atoms with E-state index in [1.165, 1.54) is 0 Å². The van der Waals surface area contributed by atoms with Crippen molar-refractivity contribution in [3.05, 3.63) is 0 Å². The molecule has 1 saturated heterocycles. The maximum atomic E-state index is 12.0. The molecule has 0 aromatic carbocycles. The maximum Gasteiger partial charge on any atom is 0.239 e. The highest BCUT2D eigenvalue weighted by Gasteiger charge is 2.27. The van der Waals surface area contributed by atoms with Gasteiger partial charge < -0.3 is 10.6 Å². The number of nitrogens with zero attached hydrogens (tertiary/aromatic N) is 1. The Labute approximate surface area is 96.8 Å². The molecule has 1 fully saturated rings. The van der Waals surface area contributed by atoms with E-state index in [2.05, 4.69) is 20.8 Å². The molecule has 0 aromatic heterocycles. The number of carbonyl (C=O) groups is 1. The average Bonchev–Trinajstić information content (AvgIpc) is 2.16. The van der Waals surface area contributed by atoms with Crippen molar-refractivity contribution >= 4 is 17.7 Å². The maximum absolute atomic E-state index is 12.0. The smallest absolute Gasteiger partial charge is 0.239 e. The summed E-state index contributed by atoms with van der Waals surface area (Å²) in [5.41, 5.74) is 5.91. The molecule has 3 nitrogen and oxygen atoms in total. The Hall–Kier alpha value is -0.220. The topological polar surface area (TPSA) is 46.3 Å². The minimum absolute atomic E-state index is 0.136. The van der Waals surface area contributed by atoms with Gasteiger partial charge in [-0.3, -0.25) is 4.79 Å². The van der Waals surface area contributed by atoms with E-state index in [1.54, 1.807) is 0 Å². The number of hydrogen-bond acceptors (Lipinski definition) is 3. The van der Waals surface area contributed by atoms with Gasteiger partial charge in [0, 0.05) is 24.1 Å². The number of rotatable bonds is 3. The van der Waals surface area contributed by atoms with Crippen LogP contribution in [0.5, 0.6) is 0 Å². The molecule has 0 radical (unpaired) electrons. The number of nitrogens with two attached hydrogens (primary N) is 1. The summed E-state index contributed by atoms with van der Waals surface area (Å²) in [7, 11) is 0. The standard InChI is InChI=1S/C11H22N2OS/c1-8(2)6-10(12)11(14)13-4-5-15-7-9(13)3/h8-10H,4-7,12H2,1-3H3. The van der Waals surface area contributed by atoms with Gasteiger partial charge in [0.2, 0.25) is 5.91 Å². The van der Waals surface area contributed by atoms with E-state index >= 15 is 0 Å². The van der Waals surface area contributed by atoms with E-state index in [4.69, 9.17) is 5.73 Å². The van der Waals surface area contributed by atoms with Crippen molar-refractivity contribution in [3.63, 3.8) is 0 Å². The third-order valence-corrected chi connectivity index (χ3v) is 3.88. The highest BCUT2D eigenvalue weighted by atomic mass is 32.2. The van der Waals surface area contributed by atoms with Crippen LogP contribution in [0.1, 0.15) is 27.2 Å². The zero-order valence-electron chi connectivity index (χ0n) is 9.90. The minimum atomic E-state index is -0.310. The summed E-state index contributed by atoms with van der Waals surface area (Å²) in [6.07, 6.45) is 0.787. The molecule has 0 spiro atoms. The fourth-order valence-corrected chi connectivity index (χ4v) is 2.89. The van der Waals surface area contributed by atoms with Gasteiger partial charge in [-0.2, -0.15) is 11.8 Å². The number of carbonyl (C=O) groups excluding carboxylic acids is 1. The minimum Gasteiger partial charge on any atom is -0.337 e. The van der Waals surface area contributed by atoms with Crippen LogP contribution in [-0.4, -0.2) is 40.9 Å². The lowest BCUT2D eigenvalue weighted by molar-refractivity contribution is -0.134. The van der Waals surface area contributed by atoms with Crippen molar-refractivity contribution in [1.82, 2.24) is 4.90 Å². The Kier molecular flexibility index (Phi) is 4.93. The molecule has 0 bridgehead atoms. The van der Waals surface area contributed by atoms with Gasteiger partial charge in [-0.1, -0.05) is 13.8 Å². The molecule has 1 amide bonds. The summed E-state index contributed by atoms with van der Waals surface area (Å²) in [4.78, 5) is 14.0. The second kappa shape index (κ2) is 5.75. The Morgan fingerprint density at radius 3 is 2.80 bits per heavy atom. The van der Waals surface area contributed by atoms with Crippen LogP contribution in [-0.2, 0) is 4.79 Å². The third kappa shape index (κ3) is 3.68. The van der Waals surface area contributed by atoms with Gasteiger partial charge >= 0.3 is 0 Å². The summed E-state index contributed by atoms with van der Waals surface area (Å²) in [6, 6.07) is 0.0324. The monoisotopic (exact) mass is 230 g/mol. The quantitative estimate of drug-likeness (QED) is 0.795. The molecular formula is C11H22N2OS. The zero-order valence-corrected chi connectivity index (χ0v) is 10.7. The van der Waals surface area contributed by atoms with Crippen molar-refractivity contribution in [2.75, 3.05) is 18.1 Å². The molecule has 2 unspecified atom stereocenters. The van der Waals surface area contributed by atoms with Crippen molar-refractivity contribution in [2.45, 2.75) is 39.3 Å². The van der Waals surface area contributed by atoms with Gasteiger partial charge in [0.1, 0.15) is 0 Å². The lowest BCUT2D eigenvalue weighted by Gasteiger charge is -2.35. The molecular weight excluding hydrogens is 208 g/mol. The lowest BCUT2D eigenvalue weighted by atomic mass is 10.0. The average molecular weight is 230 g/mol. The van der Waals surface area contributed by atoms with Gasteiger partial charge in [0.25, 0.3) is 0 Å². The van der Waals surface area contributed by atoms with Crippen LogP contribution < -0.4 is 5.73 Å². The molecule has 88 valence electrons. The summed E-state index contributed by atoms with van der Waals surface area (Å²) < 4.78 is 0. The number of hydrogen-bond donors (Lipinski definition) is 1. The highest BCUT2D eigenvalue weighted by molar-refractivity contribution is 7.99. The normalized spacial score (nSPS) is 24.3. The van der Waals surface area contributed by atoms with Gasteiger partial charge in [0.05, 0.1) is 6.04 Å². The summed E-state index contributed by atoms with van der Waals surface area (Å²) in [5, 5.41) is 0. The van der Waals surface area contributed by atoms with Crippen LogP contribution in [0.25, 0.3) is 0 Å². The van der Waals surface area contributed by atoms with Gasteiger partial charge in [0.15, 0.2) is 0 Å². The first kappa shape index (κ1) is 12.8. The van der Waals surface area contributed by atoms with Crippen molar-refractivity contribution in [1.29, 1.82) is 0 Å². The molecule has 4 heteroatoms. The van der Waals surface area contributed by atoms with Crippen LogP contribution in [0.2, 0.25) is 0 Å². The fourth-order valence-electron chi connectivity index (χ4n) is 1.88. The zero-order chi connectivity index (χ0) is 11.4. The van der Waals surface area contributed by atoms with E-state index < -0.39 is 0 Å². The first-order chi connectivity index (χ1) is 7.02. The molecule has 1 aliphatic rings. The van der Waals surface area contributed by atoms with Crippen LogP contribution in [0, 0.1) is 5.92 Å². The van der Waals surface area contributed by atoms with Gasteiger partial charge in [-0.05, 0) is 19.3 Å². The predicted molar refractivity (Wildman–Crippen MR) is 65.9 cm³/mol. The SMILES string of the molecule is CC(C)CC(N)C(=O)N1CCSCC1C. The fraction of sp³-hybridized carbons (Fsp3) is 0.909. The number of thioether (sulfide) groups is 1.